The summed E-state index contributed by atoms with van der Waals surface area (Å²) in [5, 5.41) is 5.68. The normalized spacial score (nSPS) is 11.7. The standard InChI is InChI=1S/C17H14ClFN2O2S/c1-11-16(18)10-17(21(11)14-6-4-13(19)5-7-14)12-2-8-15(9-3-12)24(20,22)23/h2-10H,1H3,(H2,20,22,23). The Labute approximate surface area is 144 Å². The monoisotopic (exact) mass is 364 g/mol. The largest absolute Gasteiger partial charge is 0.312 e. The summed E-state index contributed by atoms with van der Waals surface area (Å²) in [7, 11) is -3.75. The van der Waals surface area contributed by atoms with Crippen LogP contribution in [-0.2, 0) is 10.0 Å². The molecule has 0 aliphatic rings. The fourth-order valence-electron chi connectivity index (χ4n) is 2.53. The summed E-state index contributed by atoms with van der Waals surface area (Å²) in [6, 6.07) is 14.0. The van der Waals surface area contributed by atoms with Crippen molar-refractivity contribution in [2.45, 2.75) is 11.8 Å². The van der Waals surface area contributed by atoms with Gasteiger partial charge in [-0.05, 0) is 55.0 Å². The van der Waals surface area contributed by atoms with Crippen molar-refractivity contribution in [3.05, 3.63) is 71.1 Å². The van der Waals surface area contributed by atoms with Gasteiger partial charge in [-0.2, -0.15) is 0 Å². The van der Waals surface area contributed by atoms with Crippen LogP contribution < -0.4 is 5.14 Å². The molecule has 0 unspecified atom stereocenters. The molecular weight excluding hydrogens is 351 g/mol. The number of nitrogens with two attached hydrogens (primary N) is 1. The third-order valence-electron chi connectivity index (χ3n) is 3.75. The number of halogens is 2. The first-order chi connectivity index (χ1) is 11.3. The van der Waals surface area contributed by atoms with Crippen LogP contribution in [-0.4, -0.2) is 13.0 Å². The van der Waals surface area contributed by atoms with E-state index in [4.69, 9.17) is 16.7 Å². The van der Waals surface area contributed by atoms with Crippen molar-refractivity contribution in [1.82, 2.24) is 4.57 Å². The van der Waals surface area contributed by atoms with Gasteiger partial charge in [-0.25, -0.2) is 17.9 Å². The fraction of sp³-hybridized carbons (Fsp3) is 0.0588. The molecule has 0 radical (unpaired) electrons. The van der Waals surface area contributed by atoms with Crippen LogP contribution >= 0.6 is 11.6 Å². The Morgan fingerprint density at radius 1 is 1.04 bits per heavy atom. The lowest BCUT2D eigenvalue weighted by molar-refractivity contribution is 0.598. The zero-order valence-corrected chi connectivity index (χ0v) is 14.3. The molecule has 2 N–H and O–H groups in total. The summed E-state index contributed by atoms with van der Waals surface area (Å²) in [5.74, 6) is -0.325. The van der Waals surface area contributed by atoms with Gasteiger partial charge in [0.05, 0.1) is 15.6 Å². The van der Waals surface area contributed by atoms with E-state index in [9.17, 15) is 12.8 Å². The molecule has 0 fully saturated rings. The van der Waals surface area contributed by atoms with Crippen LogP contribution in [0, 0.1) is 12.7 Å². The average molecular weight is 365 g/mol. The lowest BCUT2D eigenvalue weighted by atomic mass is 10.1. The summed E-state index contributed by atoms with van der Waals surface area (Å²) in [6.45, 7) is 1.86. The lowest BCUT2D eigenvalue weighted by Gasteiger charge is -2.12. The molecule has 3 aromatic rings. The van der Waals surface area contributed by atoms with E-state index < -0.39 is 10.0 Å². The molecule has 0 aliphatic carbocycles. The van der Waals surface area contributed by atoms with E-state index in [1.807, 2.05) is 11.5 Å². The molecule has 3 rings (SSSR count). The summed E-state index contributed by atoms with van der Waals surface area (Å²) in [6.07, 6.45) is 0. The summed E-state index contributed by atoms with van der Waals surface area (Å²) in [5.41, 5.74) is 3.09. The van der Waals surface area contributed by atoms with Gasteiger partial charge in [0, 0.05) is 11.4 Å². The predicted octanol–water partition coefficient (Wildman–Crippen LogP) is 3.89. The maximum atomic E-state index is 13.2. The molecule has 124 valence electrons. The Bertz CT molecular complexity index is 994. The Morgan fingerprint density at radius 3 is 2.17 bits per heavy atom. The number of nitrogens with zero attached hydrogens (tertiary/aromatic N) is 1. The molecule has 0 saturated heterocycles. The molecule has 1 aromatic heterocycles. The smallest absolute Gasteiger partial charge is 0.238 e. The number of hydrogen-bond donors (Lipinski definition) is 1. The number of primary sulfonamides is 1. The molecule has 4 nitrogen and oxygen atoms in total. The van der Waals surface area contributed by atoms with E-state index in [1.165, 1.54) is 24.3 Å². The van der Waals surface area contributed by atoms with E-state index >= 15 is 0 Å². The molecule has 0 bridgehead atoms. The van der Waals surface area contributed by atoms with Crippen LogP contribution in [0.3, 0.4) is 0 Å². The van der Waals surface area contributed by atoms with Crippen LogP contribution in [0.25, 0.3) is 16.9 Å². The topological polar surface area (TPSA) is 65.1 Å². The highest BCUT2D eigenvalue weighted by molar-refractivity contribution is 7.89. The zero-order valence-electron chi connectivity index (χ0n) is 12.7. The molecule has 0 saturated carbocycles. The second-order valence-corrected chi connectivity index (χ2v) is 7.31. The highest BCUT2D eigenvalue weighted by Gasteiger charge is 2.15. The molecule has 0 aliphatic heterocycles. The molecule has 1 heterocycles. The van der Waals surface area contributed by atoms with Crippen LogP contribution in [0.2, 0.25) is 5.02 Å². The minimum Gasteiger partial charge on any atom is -0.312 e. The van der Waals surface area contributed by atoms with E-state index in [0.29, 0.717) is 5.02 Å². The Kier molecular flexibility index (Phi) is 4.21. The molecule has 0 amide bonds. The van der Waals surface area contributed by atoms with Crippen molar-refractivity contribution < 1.29 is 12.8 Å². The van der Waals surface area contributed by atoms with E-state index in [2.05, 4.69) is 0 Å². The fourth-order valence-corrected chi connectivity index (χ4v) is 3.23. The SMILES string of the molecule is Cc1c(Cl)cc(-c2ccc(S(N)(=O)=O)cc2)n1-c1ccc(F)cc1. The van der Waals surface area contributed by atoms with Gasteiger partial charge in [-0.3, -0.25) is 0 Å². The molecule has 2 aromatic carbocycles. The van der Waals surface area contributed by atoms with Gasteiger partial charge >= 0.3 is 0 Å². The second-order valence-electron chi connectivity index (χ2n) is 5.34. The van der Waals surface area contributed by atoms with Gasteiger partial charge in [0.2, 0.25) is 10.0 Å². The van der Waals surface area contributed by atoms with Gasteiger partial charge in [0.25, 0.3) is 0 Å². The molecular formula is C17H14ClFN2O2S. The number of hydrogen-bond acceptors (Lipinski definition) is 2. The van der Waals surface area contributed by atoms with Gasteiger partial charge < -0.3 is 4.57 Å². The van der Waals surface area contributed by atoms with Gasteiger partial charge in [0.15, 0.2) is 0 Å². The average Bonchev–Trinajstić information content (AvgIpc) is 2.83. The maximum absolute atomic E-state index is 13.2. The molecule has 0 spiro atoms. The second kappa shape index (κ2) is 6.05. The maximum Gasteiger partial charge on any atom is 0.238 e. The Balaban J connectivity index is 2.15. The van der Waals surface area contributed by atoms with Crippen LogP contribution in [0.4, 0.5) is 4.39 Å². The summed E-state index contributed by atoms with van der Waals surface area (Å²) in [4.78, 5) is 0.0361. The first kappa shape index (κ1) is 16.7. The quantitative estimate of drug-likeness (QED) is 0.766. The third-order valence-corrected chi connectivity index (χ3v) is 5.06. The highest BCUT2D eigenvalue weighted by Crippen LogP contribution is 2.32. The van der Waals surface area contributed by atoms with Crippen molar-refractivity contribution >= 4 is 21.6 Å². The number of sulfonamides is 1. The van der Waals surface area contributed by atoms with Gasteiger partial charge in [0.1, 0.15) is 5.82 Å². The van der Waals surface area contributed by atoms with Crippen LogP contribution in [0.15, 0.2) is 59.5 Å². The van der Waals surface area contributed by atoms with Crippen molar-refractivity contribution in [3.8, 4) is 16.9 Å². The van der Waals surface area contributed by atoms with E-state index in [-0.39, 0.29) is 10.7 Å². The van der Waals surface area contributed by atoms with E-state index in [0.717, 1.165) is 22.6 Å². The van der Waals surface area contributed by atoms with Crippen LogP contribution in [0.1, 0.15) is 5.69 Å². The zero-order chi connectivity index (χ0) is 17.5. The first-order valence-corrected chi connectivity index (χ1v) is 8.97. The molecule has 7 heteroatoms. The van der Waals surface area contributed by atoms with Crippen LogP contribution in [0.5, 0.6) is 0 Å². The molecule has 24 heavy (non-hydrogen) atoms. The minimum atomic E-state index is -3.75. The first-order valence-electron chi connectivity index (χ1n) is 7.04. The van der Waals surface area contributed by atoms with E-state index in [1.54, 1.807) is 30.3 Å². The summed E-state index contributed by atoms with van der Waals surface area (Å²) < 4.78 is 37.8. The van der Waals surface area contributed by atoms with Crippen molar-refractivity contribution in [2.24, 2.45) is 5.14 Å². The van der Waals surface area contributed by atoms with Crippen molar-refractivity contribution in [1.29, 1.82) is 0 Å². The number of benzene rings is 2. The minimum absolute atomic E-state index is 0.0361. The van der Waals surface area contributed by atoms with Gasteiger partial charge in [-0.1, -0.05) is 23.7 Å². The van der Waals surface area contributed by atoms with Crippen molar-refractivity contribution in [3.63, 3.8) is 0 Å². The number of rotatable bonds is 3. The third kappa shape index (κ3) is 3.08. The van der Waals surface area contributed by atoms with Gasteiger partial charge in [-0.15, -0.1) is 0 Å². The predicted molar refractivity (Wildman–Crippen MR) is 92.3 cm³/mol. The lowest BCUT2D eigenvalue weighted by Crippen LogP contribution is -2.11. The summed E-state index contributed by atoms with van der Waals surface area (Å²) >= 11 is 6.26. The Hall–Kier alpha value is -2.15. The van der Waals surface area contributed by atoms with Crippen molar-refractivity contribution in [2.75, 3.05) is 0 Å². The Morgan fingerprint density at radius 2 is 1.62 bits per heavy atom. The number of aromatic nitrogens is 1. The molecule has 0 atom stereocenters. The highest BCUT2D eigenvalue weighted by atomic mass is 35.5.